The number of amides is 1. The number of esters is 1. The lowest BCUT2D eigenvalue weighted by Gasteiger charge is -2.17. The molecule has 0 bridgehead atoms. The van der Waals surface area contributed by atoms with E-state index in [9.17, 15) is 14.2 Å². The van der Waals surface area contributed by atoms with Gasteiger partial charge in [-0.05, 0) is 29.8 Å². The molecule has 9 heteroatoms. The molecule has 8 nitrogen and oxygen atoms in total. The third-order valence-electron chi connectivity index (χ3n) is 5.01. The summed E-state index contributed by atoms with van der Waals surface area (Å²) in [7, 11) is 0.711. The Morgan fingerprint density at radius 1 is 0.969 bits per heavy atom. The maximum atomic E-state index is 12.7. The van der Waals surface area contributed by atoms with Gasteiger partial charge in [-0.1, -0.05) is 36.4 Å². The topological polar surface area (TPSA) is 104 Å². The fourth-order valence-electron chi connectivity index (χ4n) is 3.20. The van der Waals surface area contributed by atoms with Crippen LogP contribution in [-0.2, 0) is 35.7 Å². The Bertz CT molecular complexity index is 1140. The summed E-state index contributed by atoms with van der Waals surface area (Å²) in [5, 5.41) is 3.70. The number of methoxy groups -OCH3 is 1. The number of hydrogen-bond acceptors (Lipinski definition) is 7. The number of fused-ring (bicyclic) bond motifs is 1. The van der Waals surface area contributed by atoms with E-state index in [1.165, 1.54) is 21.3 Å². The summed E-state index contributed by atoms with van der Waals surface area (Å²) in [6.45, 7) is 0. The predicted molar refractivity (Wildman–Crippen MR) is 120 cm³/mol. The van der Waals surface area contributed by atoms with Gasteiger partial charge in [-0.2, -0.15) is 0 Å². The molecule has 0 unspecified atom stereocenters. The first-order valence-electron chi connectivity index (χ1n) is 9.90. The second-order valence-corrected chi connectivity index (χ2v) is 9.35. The summed E-state index contributed by atoms with van der Waals surface area (Å²) >= 11 is 0. The van der Waals surface area contributed by atoms with Gasteiger partial charge >= 0.3 is 13.6 Å². The molecule has 2 aromatic carbocycles. The largest absolute Gasteiger partial charge is 0.467 e. The van der Waals surface area contributed by atoms with Crippen LogP contribution in [0, 0.1) is 0 Å². The smallest absolute Gasteiger partial charge is 0.334 e. The van der Waals surface area contributed by atoms with E-state index >= 15 is 0 Å². The summed E-state index contributed by atoms with van der Waals surface area (Å²) in [5.74, 6) is -1.000. The van der Waals surface area contributed by atoms with Crippen molar-refractivity contribution in [2.24, 2.45) is 0 Å². The molecule has 168 valence electrons. The lowest BCUT2D eigenvalue weighted by atomic mass is 10.1. The second-order valence-electron chi connectivity index (χ2n) is 7.08. The van der Waals surface area contributed by atoms with Crippen LogP contribution in [0.3, 0.4) is 0 Å². The molecule has 0 spiro atoms. The van der Waals surface area contributed by atoms with E-state index in [0.717, 1.165) is 10.9 Å². The van der Waals surface area contributed by atoms with E-state index in [0.29, 0.717) is 16.8 Å². The van der Waals surface area contributed by atoms with Crippen LogP contribution >= 0.6 is 7.60 Å². The zero-order valence-corrected chi connectivity index (χ0v) is 19.0. The minimum absolute atomic E-state index is 0.0836. The molecule has 0 aliphatic rings. The molecule has 0 saturated carbocycles. The van der Waals surface area contributed by atoms with Crippen LogP contribution in [0.4, 0.5) is 0 Å². The lowest BCUT2D eigenvalue weighted by Crippen LogP contribution is -2.43. The number of carbonyl (C=O) groups is 2. The third-order valence-corrected chi connectivity index (χ3v) is 6.87. The van der Waals surface area contributed by atoms with Crippen molar-refractivity contribution >= 4 is 30.4 Å². The molecule has 1 amide bonds. The monoisotopic (exact) mass is 456 g/mol. The fourth-order valence-corrected chi connectivity index (χ4v) is 4.26. The van der Waals surface area contributed by atoms with Crippen molar-refractivity contribution in [3.63, 3.8) is 0 Å². The molecule has 32 heavy (non-hydrogen) atoms. The molecule has 1 heterocycles. The first-order chi connectivity index (χ1) is 15.4. The zero-order chi connectivity index (χ0) is 23.1. The quantitative estimate of drug-likeness (QED) is 0.386. The number of rotatable bonds is 9. The molecule has 3 aromatic rings. The first-order valence-corrected chi connectivity index (χ1v) is 11.6. The lowest BCUT2D eigenvalue weighted by molar-refractivity contribution is -0.142. The van der Waals surface area contributed by atoms with Gasteiger partial charge in [0.2, 0.25) is 0 Å². The van der Waals surface area contributed by atoms with Crippen molar-refractivity contribution in [1.82, 2.24) is 10.3 Å². The number of hydrogen-bond donors (Lipinski definition) is 1. The Morgan fingerprint density at radius 2 is 1.66 bits per heavy atom. The Hall–Kier alpha value is -3.06. The summed E-state index contributed by atoms with van der Waals surface area (Å²) < 4.78 is 27.0. The minimum atomic E-state index is -3.21. The average molecular weight is 456 g/mol. The maximum absolute atomic E-state index is 12.7. The van der Waals surface area contributed by atoms with Crippen molar-refractivity contribution in [3.05, 3.63) is 77.5 Å². The van der Waals surface area contributed by atoms with Crippen LogP contribution in [0.15, 0.2) is 60.7 Å². The number of para-hydroxylation sites is 1. The molecule has 1 atom stereocenters. The van der Waals surface area contributed by atoms with Gasteiger partial charge in [0.05, 0.1) is 18.8 Å². The van der Waals surface area contributed by atoms with Crippen molar-refractivity contribution in [2.75, 3.05) is 21.3 Å². The van der Waals surface area contributed by atoms with Gasteiger partial charge in [0.25, 0.3) is 5.91 Å². The normalized spacial score (nSPS) is 12.3. The van der Waals surface area contributed by atoms with Crippen LogP contribution in [0.25, 0.3) is 10.9 Å². The third kappa shape index (κ3) is 5.79. The van der Waals surface area contributed by atoms with Crippen LogP contribution in [0.2, 0.25) is 0 Å². The van der Waals surface area contributed by atoms with Crippen molar-refractivity contribution in [2.45, 2.75) is 18.6 Å². The standard InChI is InChI=1S/C23H25N2O6P/c1-29-23(27)21(14-19-13-12-17-6-4-5-7-20(17)24-19)25-22(26)18-10-8-16(9-11-18)15-32(28,30-2)31-3/h4-13,21H,14-15H2,1-3H3,(H,25,26)/t21-/m1/s1. The highest BCUT2D eigenvalue weighted by Crippen LogP contribution is 2.49. The van der Waals surface area contributed by atoms with E-state index < -0.39 is 25.5 Å². The van der Waals surface area contributed by atoms with E-state index in [1.54, 1.807) is 24.3 Å². The van der Waals surface area contributed by atoms with Crippen LogP contribution in [0.5, 0.6) is 0 Å². The molecule has 3 rings (SSSR count). The molecule has 0 aliphatic carbocycles. The fraction of sp³-hybridized carbons (Fsp3) is 0.261. The number of carbonyl (C=O) groups excluding carboxylic acids is 2. The molecule has 1 N–H and O–H groups in total. The molecule has 0 radical (unpaired) electrons. The first kappa shape index (κ1) is 23.6. The van der Waals surface area contributed by atoms with E-state index in [4.69, 9.17) is 13.8 Å². The van der Waals surface area contributed by atoms with E-state index in [-0.39, 0.29) is 12.6 Å². The van der Waals surface area contributed by atoms with Gasteiger partial charge in [-0.3, -0.25) is 14.3 Å². The van der Waals surface area contributed by atoms with Gasteiger partial charge in [-0.15, -0.1) is 0 Å². The number of nitrogens with one attached hydrogen (secondary N) is 1. The van der Waals surface area contributed by atoms with Gasteiger partial charge in [-0.25, -0.2) is 4.79 Å². The Morgan fingerprint density at radius 3 is 2.31 bits per heavy atom. The SMILES string of the molecule is COC(=O)[C@@H](Cc1ccc2ccccc2n1)NC(=O)c1ccc(CP(=O)(OC)OC)cc1. The van der Waals surface area contributed by atoms with Crippen LogP contribution < -0.4 is 5.32 Å². The number of ether oxygens (including phenoxy) is 1. The second kappa shape index (κ2) is 10.5. The summed E-state index contributed by atoms with van der Waals surface area (Å²) in [4.78, 5) is 29.6. The van der Waals surface area contributed by atoms with Gasteiger partial charge < -0.3 is 19.1 Å². The predicted octanol–water partition coefficient (Wildman–Crippen LogP) is 3.73. The Kier molecular flexibility index (Phi) is 7.75. The van der Waals surface area contributed by atoms with Gasteiger partial charge in [0.1, 0.15) is 6.04 Å². The Labute approximate surface area is 186 Å². The number of nitrogens with zero attached hydrogens (tertiary/aromatic N) is 1. The molecular formula is C23H25N2O6P. The zero-order valence-electron chi connectivity index (χ0n) is 18.1. The molecule has 0 saturated heterocycles. The average Bonchev–Trinajstić information content (AvgIpc) is 2.83. The van der Waals surface area contributed by atoms with Crippen LogP contribution in [-0.4, -0.2) is 44.2 Å². The highest BCUT2D eigenvalue weighted by atomic mass is 31.2. The molecule has 1 aromatic heterocycles. The van der Waals surface area contributed by atoms with Gasteiger partial charge in [0.15, 0.2) is 0 Å². The van der Waals surface area contributed by atoms with Crippen molar-refractivity contribution in [1.29, 1.82) is 0 Å². The minimum Gasteiger partial charge on any atom is -0.467 e. The van der Waals surface area contributed by atoms with Crippen molar-refractivity contribution in [3.8, 4) is 0 Å². The highest BCUT2D eigenvalue weighted by Gasteiger charge is 2.24. The number of aromatic nitrogens is 1. The van der Waals surface area contributed by atoms with Gasteiger partial charge in [0, 0.05) is 37.3 Å². The van der Waals surface area contributed by atoms with Crippen molar-refractivity contribution < 1.29 is 27.9 Å². The molecule has 0 fully saturated rings. The van der Waals surface area contributed by atoms with E-state index in [1.807, 2.05) is 36.4 Å². The maximum Gasteiger partial charge on any atom is 0.334 e. The summed E-state index contributed by atoms with van der Waals surface area (Å²) in [5.41, 5.74) is 2.50. The molecule has 0 aliphatic heterocycles. The Balaban J connectivity index is 1.73. The van der Waals surface area contributed by atoms with E-state index in [2.05, 4.69) is 10.3 Å². The number of benzene rings is 2. The number of pyridine rings is 1. The highest BCUT2D eigenvalue weighted by molar-refractivity contribution is 7.52. The van der Waals surface area contributed by atoms with Crippen LogP contribution in [0.1, 0.15) is 21.6 Å². The molecular weight excluding hydrogens is 431 g/mol. The summed E-state index contributed by atoms with van der Waals surface area (Å²) in [6.07, 6.45) is 0.270. The summed E-state index contributed by atoms with van der Waals surface area (Å²) in [6, 6.07) is 17.0.